The van der Waals surface area contributed by atoms with Gasteiger partial charge in [-0.1, -0.05) is 26.0 Å². The Balaban J connectivity index is 2.41. The van der Waals surface area contributed by atoms with Gasteiger partial charge in [-0.3, -0.25) is 4.79 Å². The van der Waals surface area contributed by atoms with Crippen LogP contribution in [0.5, 0.6) is 5.75 Å². The van der Waals surface area contributed by atoms with Crippen molar-refractivity contribution in [2.45, 2.75) is 32.9 Å². The van der Waals surface area contributed by atoms with Crippen LogP contribution in [0, 0.1) is 5.92 Å². The Bertz CT molecular complexity index is 374. The van der Waals surface area contributed by atoms with Gasteiger partial charge in [-0.05, 0) is 30.0 Å². The van der Waals surface area contributed by atoms with E-state index < -0.39 is 6.04 Å². The molecule has 4 nitrogen and oxygen atoms in total. The van der Waals surface area contributed by atoms with Crippen molar-refractivity contribution in [1.29, 1.82) is 0 Å². The molecule has 0 bridgehead atoms. The molecule has 0 aromatic heterocycles. The maximum Gasteiger partial charge on any atom is 0.237 e. The minimum atomic E-state index is -0.428. The van der Waals surface area contributed by atoms with Crippen LogP contribution in [-0.4, -0.2) is 19.1 Å². The quantitative estimate of drug-likeness (QED) is 0.807. The van der Waals surface area contributed by atoms with E-state index in [1.165, 1.54) is 0 Å². The molecule has 1 atom stereocenters. The summed E-state index contributed by atoms with van der Waals surface area (Å²) in [6, 6.07) is 7.16. The molecule has 100 valence electrons. The Morgan fingerprint density at radius 1 is 1.33 bits per heavy atom. The molecule has 0 spiro atoms. The first-order valence-corrected chi connectivity index (χ1v) is 6.19. The van der Waals surface area contributed by atoms with E-state index in [1.54, 1.807) is 7.11 Å². The zero-order chi connectivity index (χ0) is 13.5. The first kappa shape index (κ1) is 14.5. The summed E-state index contributed by atoms with van der Waals surface area (Å²) in [4.78, 5) is 11.7. The minimum Gasteiger partial charge on any atom is -0.497 e. The predicted molar refractivity (Wildman–Crippen MR) is 72.3 cm³/mol. The monoisotopic (exact) mass is 250 g/mol. The number of nitrogens with one attached hydrogen (secondary N) is 1. The van der Waals surface area contributed by atoms with Gasteiger partial charge in [-0.2, -0.15) is 0 Å². The molecule has 0 radical (unpaired) electrons. The third-order valence-electron chi connectivity index (χ3n) is 2.69. The van der Waals surface area contributed by atoms with Crippen molar-refractivity contribution in [2.75, 3.05) is 7.11 Å². The summed E-state index contributed by atoms with van der Waals surface area (Å²) < 4.78 is 5.07. The van der Waals surface area contributed by atoms with E-state index in [2.05, 4.69) is 19.2 Å². The van der Waals surface area contributed by atoms with Crippen molar-refractivity contribution in [1.82, 2.24) is 5.32 Å². The molecule has 0 aliphatic rings. The zero-order valence-electron chi connectivity index (χ0n) is 11.3. The smallest absolute Gasteiger partial charge is 0.237 e. The molecule has 18 heavy (non-hydrogen) atoms. The van der Waals surface area contributed by atoms with Crippen molar-refractivity contribution >= 4 is 5.91 Å². The van der Waals surface area contributed by atoms with Crippen molar-refractivity contribution in [3.63, 3.8) is 0 Å². The standard InChI is InChI=1S/C14H22N2O2/c1-10(2)8-13(15)14(17)16-9-11-4-6-12(18-3)7-5-11/h4-7,10,13H,8-9,15H2,1-3H3,(H,16,17)/t13-/m0/s1. The van der Waals surface area contributed by atoms with E-state index in [0.29, 0.717) is 18.9 Å². The highest BCUT2D eigenvalue weighted by molar-refractivity contribution is 5.81. The molecule has 0 heterocycles. The van der Waals surface area contributed by atoms with E-state index in [9.17, 15) is 4.79 Å². The van der Waals surface area contributed by atoms with Gasteiger partial charge >= 0.3 is 0 Å². The Morgan fingerprint density at radius 3 is 2.44 bits per heavy atom. The number of rotatable bonds is 6. The highest BCUT2D eigenvalue weighted by Gasteiger charge is 2.14. The third kappa shape index (κ3) is 4.75. The Kier molecular flexibility index (Phi) is 5.65. The molecular weight excluding hydrogens is 228 g/mol. The molecule has 0 saturated heterocycles. The molecule has 1 aromatic carbocycles. The van der Waals surface area contributed by atoms with Crippen molar-refractivity contribution in [3.05, 3.63) is 29.8 Å². The summed E-state index contributed by atoms with van der Waals surface area (Å²) in [6.45, 7) is 4.60. The highest BCUT2D eigenvalue weighted by atomic mass is 16.5. The topological polar surface area (TPSA) is 64.3 Å². The number of ether oxygens (including phenoxy) is 1. The predicted octanol–water partition coefficient (Wildman–Crippen LogP) is 1.68. The van der Waals surface area contributed by atoms with Gasteiger partial charge in [0.25, 0.3) is 0 Å². The fraction of sp³-hybridized carbons (Fsp3) is 0.500. The maximum atomic E-state index is 11.7. The number of benzene rings is 1. The molecule has 0 unspecified atom stereocenters. The number of carbonyl (C=O) groups excluding carboxylic acids is 1. The number of carbonyl (C=O) groups is 1. The summed E-state index contributed by atoms with van der Waals surface area (Å²) in [6.07, 6.45) is 0.703. The molecule has 3 N–H and O–H groups in total. The van der Waals surface area contributed by atoms with Gasteiger partial charge in [0.05, 0.1) is 13.2 Å². The Morgan fingerprint density at radius 2 is 1.94 bits per heavy atom. The summed E-state index contributed by atoms with van der Waals surface area (Å²) in [5.41, 5.74) is 6.82. The molecular formula is C14H22N2O2. The Hall–Kier alpha value is -1.55. The lowest BCUT2D eigenvalue weighted by atomic mass is 10.0. The van der Waals surface area contributed by atoms with Crippen molar-refractivity contribution in [2.24, 2.45) is 11.7 Å². The van der Waals surface area contributed by atoms with Crippen LogP contribution in [0.4, 0.5) is 0 Å². The van der Waals surface area contributed by atoms with E-state index >= 15 is 0 Å². The van der Waals surface area contributed by atoms with Crippen LogP contribution < -0.4 is 15.8 Å². The summed E-state index contributed by atoms with van der Waals surface area (Å²) >= 11 is 0. The van der Waals surface area contributed by atoms with Crippen LogP contribution in [0.3, 0.4) is 0 Å². The first-order valence-electron chi connectivity index (χ1n) is 6.19. The average molecular weight is 250 g/mol. The second kappa shape index (κ2) is 7.01. The molecule has 1 rings (SSSR count). The molecule has 0 aliphatic carbocycles. The number of nitrogens with two attached hydrogens (primary N) is 1. The number of hydrogen-bond donors (Lipinski definition) is 2. The number of amides is 1. The lowest BCUT2D eigenvalue weighted by molar-refractivity contribution is -0.122. The van der Waals surface area contributed by atoms with Gasteiger partial charge in [0, 0.05) is 6.54 Å². The van der Waals surface area contributed by atoms with Crippen LogP contribution in [0.2, 0.25) is 0 Å². The lowest BCUT2D eigenvalue weighted by Crippen LogP contribution is -2.40. The van der Waals surface area contributed by atoms with Crippen molar-refractivity contribution < 1.29 is 9.53 Å². The van der Waals surface area contributed by atoms with Crippen molar-refractivity contribution in [3.8, 4) is 5.75 Å². The van der Waals surface area contributed by atoms with E-state index in [-0.39, 0.29) is 5.91 Å². The number of hydrogen-bond acceptors (Lipinski definition) is 3. The summed E-state index contributed by atoms with van der Waals surface area (Å²) in [5.74, 6) is 1.13. The van der Waals surface area contributed by atoms with E-state index in [0.717, 1.165) is 11.3 Å². The molecule has 1 amide bonds. The van der Waals surface area contributed by atoms with Crippen LogP contribution in [0.25, 0.3) is 0 Å². The summed E-state index contributed by atoms with van der Waals surface area (Å²) in [7, 11) is 1.63. The fourth-order valence-electron chi connectivity index (χ4n) is 1.68. The molecule has 0 fully saturated rings. The largest absolute Gasteiger partial charge is 0.497 e. The minimum absolute atomic E-state index is 0.0977. The summed E-state index contributed by atoms with van der Waals surface area (Å²) in [5, 5.41) is 2.84. The van der Waals surface area contributed by atoms with Gasteiger partial charge in [0.15, 0.2) is 0 Å². The van der Waals surface area contributed by atoms with E-state index in [4.69, 9.17) is 10.5 Å². The molecule has 1 aromatic rings. The van der Waals surface area contributed by atoms with Crippen LogP contribution >= 0.6 is 0 Å². The van der Waals surface area contributed by atoms with Gasteiger partial charge in [0.2, 0.25) is 5.91 Å². The fourth-order valence-corrected chi connectivity index (χ4v) is 1.68. The Labute approximate surface area is 109 Å². The zero-order valence-corrected chi connectivity index (χ0v) is 11.3. The van der Waals surface area contributed by atoms with Crippen LogP contribution in [0.1, 0.15) is 25.8 Å². The molecule has 0 aliphatic heterocycles. The molecule has 0 saturated carbocycles. The van der Waals surface area contributed by atoms with E-state index in [1.807, 2.05) is 24.3 Å². The van der Waals surface area contributed by atoms with Gasteiger partial charge in [-0.15, -0.1) is 0 Å². The maximum absolute atomic E-state index is 11.7. The average Bonchev–Trinajstić information content (AvgIpc) is 2.35. The third-order valence-corrected chi connectivity index (χ3v) is 2.69. The second-order valence-electron chi connectivity index (χ2n) is 4.80. The SMILES string of the molecule is COc1ccc(CNC(=O)[C@@H](N)CC(C)C)cc1. The van der Waals surface area contributed by atoms with Gasteiger partial charge in [-0.25, -0.2) is 0 Å². The van der Waals surface area contributed by atoms with Gasteiger partial charge < -0.3 is 15.8 Å². The second-order valence-corrected chi connectivity index (χ2v) is 4.80. The lowest BCUT2D eigenvalue weighted by Gasteiger charge is -2.14. The van der Waals surface area contributed by atoms with Crippen LogP contribution in [0.15, 0.2) is 24.3 Å². The van der Waals surface area contributed by atoms with Crippen LogP contribution in [-0.2, 0) is 11.3 Å². The first-order chi connectivity index (χ1) is 8.52. The highest BCUT2D eigenvalue weighted by Crippen LogP contribution is 2.11. The normalized spacial score (nSPS) is 12.3. The molecule has 4 heteroatoms. The number of methoxy groups -OCH3 is 1. The van der Waals surface area contributed by atoms with Gasteiger partial charge in [0.1, 0.15) is 5.75 Å².